The molecule has 0 aromatic heterocycles. The smallest absolute Gasteiger partial charge is 0.123 e. The summed E-state index contributed by atoms with van der Waals surface area (Å²) in [7, 11) is 1.63. The number of halogens is 1. The molecule has 0 heterocycles. The normalized spacial score (nSPS) is 14.8. The van der Waals surface area contributed by atoms with Crippen LogP contribution in [0.1, 0.15) is 18.6 Å². The molecule has 0 saturated heterocycles. The predicted octanol–water partition coefficient (Wildman–Crippen LogP) is 1.48. The van der Waals surface area contributed by atoms with Gasteiger partial charge in [0.2, 0.25) is 0 Å². The highest BCUT2D eigenvalue weighted by atomic mass is 19.1. The van der Waals surface area contributed by atoms with Crippen LogP contribution in [0.15, 0.2) is 24.3 Å². The van der Waals surface area contributed by atoms with E-state index in [1.165, 1.54) is 12.1 Å². The first kappa shape index (κ1) is 13.1. The van der Waals surface area contributed by atoms with Gasteiger partial charge in [-0.3, -0.25) is 0 Å². The standard InChI is InChI=1S/C12H18FNO2/c1-9(16-2)7-14-8-12(15)10-4-3-5-11(13)6-10/h3-6,9,12,14-15H,7-8H2,1-2H3. The Labute approximate surface area is 95.2 Å². The first-order valence-corrected chi connectivity index (χ1v) is 5.30. The van der Waals surface area contributed by atoms with Gasteiger partial charge in [0.15, 0.2) is 0 Å². The number of nitrogens with one attached hydrogen (secondary N) is 1. The van der Waals surface area contributed by atoms with Crippen LogP contribution < -0.4 is 5.32 Å². The highest BCUT2D eigenvalue weighted by Crippen LogP contribution is 2.12. The third-order valence-corrected chi connectivity index (χ3v) is 2.41. The number of aliphatic hydroxyl groups excluding tert-OH is 1. The van der Waals surface area contributed by atoms with E-state index in [0.29, 0.717) is 18.7 Å². The average molecular weight is 227 g/mol. The van der Waals surface area contributed by atoms with E-state index in [4.69, 9.17) is 4.74 Å². The van der Waals surface area contributed by atoms with Gasteiger partial charge in [0, 0.05) is 20.2 Å². The Bertz CT molecular complexity index is 320. The fraction of sp³-hybridized carbons (Fsp3) is 0.500. The minimum Gasteiger partial charge on any atom is -0.387 e. The Kier molecular flexibility index (Phi) is 5.38. The fourth-order valence-electron chi connectivity index (χ4n) is 1.34. The molecule has 1 aromatic rings. The van der Waals surface area contributed by atoms with E-state index in [0.717, 1.165) is 0 Å². The maximum atomic E-state index is 12.9. The third-order valence-electron chi connectivity index (χ3n) is 2.41. The van der Waals surface area contributed by atoms with E-state index in [9.17, 15) is 9.50 Å². The lowest BCUT2D eigenvalue weighted by Crippen LogP contribution is -2.29. The topological polar surface area (TPSA) is 41.5 Å². The van der Waals surface area contributed by atoms with Gasteiger partial charge in [0.1, 0.15) is 5.82 Å². The second kappa shape index (κ2) is 6.58. The SMILES string of the molecule is COC(C)CNCC(O)c1cccc(F)c1. The summed E-state index contributed by atoms with van der Waals surface area (Å²) in [6.45, 7) is 2.97. The minimum atomic E-state index is -0.695. The van der Waals surface area contributed by atoms with Gasteiger partial charge in [-0.2, -0.15) is 0 Å². The Balaban J connectivity index is 2.38. The van der Waals surface area contributed by atoms with Crippen LogP contribution in [0.5, 0.6) is 0 Å². The molecule has 0 radical (unpaired) electrons. The molecule has 0 aliphatic heterocycles. The van der Waals surface area contributed by atoms with Crippen molar-refractivity contribution in [1.82, 2.24) is 5.32 Å². The summed E-state index contributed by atoms with van der Waals surface area (Å²) in [5.74, 6) is -0.332. The number of aliphatic hydroxyl groups is 1. The first-order chi connectivity index (χ1) is 7.63. The maximum Gasteiger partial charge on any atom is 0.123 e. The van der Waals surface area contributed by atoms with Crippen molar-refractivity contribution in [3.8, 4) is 0 Å². The third kappa shape index (κ3) is 4.26. The van der Waals surface area contributed by atoms with Gasteiger partial charge in [0.05, 0.1) is 12.2 Å². The molecular formula is C12H18FNO2. The zero-order valence-electron chi connectivity index (χ0n) is 9.61. The van der Waals surface area contributed by atoms with Crippen molar-refractivity contribution in [3.63, 3.8) is 0 Å². The molecule has 0 amide bonds. The lowest BCUT2D eigenvalue weighted by molar-refractivity contribution is 0.109. The Morgan fingerprint density at radius 2 is 2.19 bits per heavy atom. The molecule has 0 bridgehead atoms. The second-order valence-electron chi connectivity index (χ2n) is 3.78. The van der Waals surface area contributed by atoms with E-state index < -0.39 is 6.10 Å². The molecule has 2 unspecified atom stereocenters. The highest BCUT2D eigenvalue weighted by molar-refractivity contribution is 5.18. The molecule has 3 nitrogen and oxygen atoms in total. The molecule has 0 aliphatic carbocycles. The largest absolute Gasteiger partial charge is 0.387 e. The molecular weight excluding hydrogens is 209 g/mol. The number of rotatable bonds is 6. The van der Waals surface area contributed by atoms with Crippen molar-refractivity contribution in [2.24, 2.45) is 0 Å². The van der Waals surface area contributed by atoms with Gasteiger partial charge in [-0.25, -0.2) is 4.39 Å². The fourth-order valence-corrected chi connectivity index (χ4v) is 1.34. The van der Waals surface area contributed by atoms with Gasteiger partial charge in [-0.05, 0) is 24.6 Å². The number of ether oxygens (including phenoxy) is 1. The van der Waals surface area contributed by atoms with Crippen molar-refractivity contribution in [1.29, 1.82) is 0 Å². The molecule has 16 heavy (non-hydrogen) atoms. The Morgan fingerprint density at radius 1 is 1.44 bits per heavy atom. The molecule has 1 rings (SSSR count). The molecule has 2 atom stereocenters. The van der Waals surface area contributed by atoms with Gasteiger partial charge >= 0.3 is 0 Å². The average Bonchev–Trinajstić information content (AvgIpc) is 2.28. The van der Waals surface area contributed by atoms with Crippen molar-refractivity contribution < 1.29 is 14.2 Å². The van der Waals surface area contributed by atoms with Crippen molar-refractivity contribution in [2.45, 2.75) is 19.1 Å². The monoisotopic (exact) mass is 227 g/mol. The van der Waals surface area contributed by atoms with E-state index in [2.05, 4.69) is 5.32 Å². The van der Waals surface area contributed by atoms with Gasteiger partial charge in [-0.1, -0.05) is 12.1 Å². The number of methoxy groups -OCH3 is 1. The van der Waals surface area contributed by atoms with Crippen LogP contribution in [0.3, 0.4) is 0 Å². The quantitative estimate of drug-likeness (QED) is 0.773. The molecule has 1 aromatic carbocycles. The van der Waals surface area contributed by atoms with Crippen LogP contribution in [0.4, 0.5) is 4.39 Å². The summed E-state index contributed by atoms with van der Waals surface area (Å²) >= 11 is 0. The highest BCUT2D eigenvalue weighted by Gasteiger charge is 2.08. The summed E-state index contributed by atoms with van der Waals surface area (Å²) in [5, 5.41) is 12.8. The van der Waals surface area contributed by atoms with Crippen molar-refractivity contribution in [3.05, 3.63) is 35.6 Å². The second-order valence-corrected chi connectivity index (χ2v) is 3.78. The summed E-state index contributed by atoms with van der Waals surface area (Å²) in [6.07, 6.45) is -0.598. The first-order valence-electron chi connectivity index (χ1n) is 5.30. The lowest BCUT2D eigenvalue weighted by Gasteiger charge is -2.14. The van der Waals surface area contributed by atoms with Crippen molar-refractivity contribution >= 4 is 0 Å². The van der Waals surface area contributed by atoms with Crippen LogP contribution >= 0.6 is 0 Å². The lowest BCUT2D eigenvalue weighted by atomic mass is 10.1. The molecule has 0 fully saturated rings. The van der Waals surface area contributed by atoms with Crippen molar-refractivity contribution in [2.75, 3.05) is 20.2 Å². The molecule has 90 valence electrons. The van der Waals surface area contributed by atoms with E-state index in [-0.39, 0.29) is 11.9 Å². The molecule has 2 N–H and O–H groups in total. The Hall–Kier alpha value is -0.970. The summed E-state index contributed by atoms with van der Waals surface area (Å²) in [5.41, 5.74) is 0.581. The van der Waals surface area contributed by atoms with Crippen LogP contribution in [-0.4, -0.2) is 31.4 Å². The van der Waals surface area contributed by atoms with Gasteiger partial charge in [-0.15, -0.1) is 0 Å². The summed E-state index contributed by atoms with van der Waals surface area (Å²) in [6, 6.07) is 5.99. The molecule has 0 spiro atoms. The predicted molar refractivity (Wildman–Crippen MR) is 60.7 cm³/mol. The number of hydrogen-bond donors (Lipinski definition) is 2. The summed E-state index contributed by atoms with van der Waals surface area (Å²) in [4.78, 5) is 0. The molecule has 0 aliphatic rings. The van der Waals surface area contributed by atoms with E-state index in [1.54, 1.807) is 19.2 Å². The van der Waals surface area contributed by atoms with Crippen LogP contribution in [0, 0.1) is 5.82 Å². The zero-order chi connectivity index (χ0) is 12.0. The molecule has 0 saturated carbocycles. The van der Waals surface area contributed by atoms with Crippen LogP contribution in [-0.2, 0) is 4.74 Å². The van der Waals surface area contributed by atoms with Gasteiger partial charge in [0.25, 0.3) is 0 Å². The zero-order valence-corrected chi connectivity index (χ0v) is 9.61. The molecule has 4 heteroatoms. The van der Waals surface area contributed by atoms with Crippen LogP contribution in [0.2, 0.25) is 0 Å². The number of hydrogen-bond acceptors (Lipinski definition) is 3. The summed E-state index contributed by atoms with van der Waals surface area (Å²) < 4.78 is 17.9. The number of benzene rings is 1. The maximum absolute atomic E-state index is 12.9. The minimum absolute atomic E-state index is 0.0970. The van der Waals surface area contributed by atoms with Gasteiger partial charge < -0.3 is 15.2 Å². The Morgan fingerprint density at radius 3 is 2.81 bits per heavy atom. The van der Waals surface area contributed by atoms with E-state index in [1.807, 2.05) is 6.92 Å². The van der Waals surface area contributed by atoms with E-state index >= 15 is 0 Å². The van der Waals surface area contributed by atoms with Crippen LogP contribution in [0.25, 0.3) is 0 Å².